The maximum absolute atomic E-state index is 12.7. The van der Waals surface area contributed by atoms with Crippen molar-refractivity contribution in [1.29, 1.82) is 0 Å². The minimum absolute atomic E-state index is 0.00358. The number of rotatable bonds is 5. The third-order valence-corrected chi connectivity index (χ3v) is 5.03. The Kier molecular flexibility index (Phi) is 3.91. The van der Waals surface area contributed by atoms with Gasteiger partial charge in [0.1, 0.15) is 5.75 Å². The van der Waals surface area contributed by atoms with Crippen LogP contribution in [0.4, 0.5) is 0 Å². The molecule has 0 fully saturated rings. The first-order valence-corrected chi connectivity index (χ1v) is 8.54. The van der Waals surface area contributed by atoms with Crippen LogP contribution in [0.1, 0.15) is 5.69 Å². The maximum atomic E-state index is 12.7. The van der Waals surface area contributed by atoms with Crippen molar-refractivity contribution in [2.75, 3.05) is 7.11 Å². The molecule has 0 aliphatic heterocycles. The van der Waals surface area contributed by atoms with E-state index >= 15 is 0 Å². The van der Waals surface area contributed by atoms with Crippen molar-refractivity contribution in [3.05, 3.63) is 54.6 Å². The molecular weight excluding hydrogens is 316 g/mol. The lowest BCUT2D eigenvalue weighted by Gasteiger charge is -2.09. The highest BCUT2D eigenvalue weighted by molar-refractivity contribution is 7.90. The van der Waals surface area contributed by atoms with Gasteiger partial charge in [-0.2, -0.15) is 5.10 Å². The normalized spacial score (nSPS) is 11.6. The predicted molar refractivity (Wildman–Crippen MR) is 84.2 cm³/mol. The Hall–Kier alpha value is -2.61. The summed E-state index contributed by atoms with van der Waals surface area (Å²) in [6, 6.07) is 8.78. The number of aryl methyl sites for hydroxylation is 1. The Balaban J connectivity index is 1.97. The van der Waals surface area contributed by atoms with E-state index in [1.165, 1.54) is 10.9 Å². The standard InChI is InChI=1S/C15H16N4O3S/c1-18-13(7-8-17-18)11-23(20,21)15-16-9-10-19(15)12-3-5-14(22-2)6-4-12/h3-10H,11H2,1-2H3. The van der Waals surface area contributed by atoms with Crippen molar-refractivity contribution in [1.82, 2.24) is 19.3 Å². The zero-order chi connectivity index (χ0) is 16.4. The van der Waals surface area contributed by atoms with Crippen LogP contribution in [0.15, 0.2) is 54.1 Å². The van der Waals surface area contributed by atoms with Crippen LogP contribution in [0.5, 0.6) is 5.75 Å². The molecule has 0 N–H and O–H groups in total. The topological polar surface area (TPSA) is 79.0 Å². The monoisotopic (exact) mass is 332 g/mol. The SMILES string of the molecule is COc1ccc(-n2ccnc2S(=O)(=O)Cc2ccnn2C)cc1. The molecule has 0 radical (unpaired) electrons. The Morgan fingerprint density at radius 1 is 1.13 bits per heavy atom. The molecule has 0 atom stereocenters. The summed E-state index contributed by atoms with van der Waals surface area (Å²) in [7, 11) is -0.309. The lowest BCUT2D eigenvalue weighted by Crippen LogP contribution is -2.14. The number of ether oxygens (including phenoxy) is 1. The minimum Gasteiger partial charge on any atom is -0.497 e. The van der Waals surface area contributed by atoms with E-state index in [1.54, 1.807) is 61.5 Å². The molecule has 3 rings (SSSR count). The summed E-state index contributed by atoms with van der Waals surface area (Å²) in [5.41, 5.74) is 1.31. The lowest BCUT2D eigenvalue weighted by molar-refractivity contribution is 0.414. The van der Waals surface area contributed by atoms with Crippen molar-refractivity contribution >= 4 is 9.84 Å². The minimum atomic E-state index is -3.60. The summed E-state index contributed by atoms with van der Waals surface area (Å²) in [6.07, 6.45) is 4.67. The molecule has 0 spiro atoms. The summed E-state index contributed by atoms with van der Waals surface area (Å²) < 4.78 is 33.6. The lowest BCUT2D eigenvalue weighted by atomic mass is 10.3. The zero-order valence-electron chi connectivity index (χ0n) is 12.7. The average Bonchev–Trinajstić information content (AvgIpc) is 3.17. The second kappa shape index (κ2) is 5.88. The number of sulfone groups is 1. The molecule has 0 aliphatic rings. The third-order valence-electron chi connectivity index (χ3n) is 3.50. The van der Waals surface area contributed by atoms with E-state index in [0.29, 0.717) is 17.1 Å². The van der Waals surface area contributed by atoms with Crippen LogP contribution in [0.2, 0.25) is 0 Å². The van der Waals surface area contributed by atoms with E-state index in [0.717, 1.165) is 0 Å². The predicted octanol–water partition coefficient (Wildman–Crippen LogP) is 1.59. The number of hydrogen-bond donors (Lipinski definition) is 0. The van der Waals surface area contributed by atoms with Gasteiger partial charge in [-0.3, -0.25) is 9.25 Å². The van der Waals surface area contributed by atoms with Gasteiger partial charge in [-0.15, -0.1) is 0 Å². The Morgan fingerprint density at radius 2 is 1.87 bits per heavy atom. The van der Waals surface area contributed by atoms with Crippen molar-refractivity contribution in [3.63, 3.8) is 0 Å². The first-order chi connectivity index (χ1) is 11.0. The van der Waals surface area contributed by atoms with Gasteiger partial charge >= 0.3 is 0 Å². The number of imidazole rings is 1. The smallest absolute Gasteiger partial charge is 0.232 e. The molecule has 0 aliphatic carbocycles. The van der Waals surface area contributed by atoms with Gasteiger partial charge in [-0.1, -0.05) is 0 Å². The molecule has 23 heavy (non-hydrogen) atoms. The Bertz CT molecular complexity index is 910. The number of benzene rings is 1. The fourth-order valence-corrected chi connectivity index (χ4v) is 3.75. The van der Waals surface area contributed by atoms with Crippen LogP contribution in [0, 0.1) is 0 Å². The second-order valence-corrected chi connectivity index (χ2v) is 6.87. The summed E-state index contributed by atoms with van der Waals surface area (Å²) >= 11 is 0. The number of methoxy groups -OCH3 is 1. The maximum Gasteiger partial charge on any atom is 0.232 e. The van der Waals surface area contributed by atoms with Gasteiger partial charge in [0.25, 0.3) is 0 Å². The third kappa shape index (κ3) is 2.98. The Labute approximate surface area is 134 Å². The molecule has 1 aromatic carbocycles. The number of hydrogen-bond acceptors (Lipinski definition) is 5. The summed E-state index contributed by atoms with van der Waals surface area (Å²) in [6.45, 7) is 0. The fraction of sp³-hybridized carbons (Fsp3) is 0.200. The molecule has 0 saturated heterocycles. The molecule has 120 valence electrons. The van der Waals surface area contributed by atoms with E-state index < -0.39 is 9.84 Å². The van der Waals surface area contributed by atoms with E-state index in [9.17, 15) is 8.42 Å². The van der Waals surface area contributed by atoms with Crippen LogP contribution in [-0.4, -0.2) is 34.9 Å². The molecule has 0 amide bonds. The summed E-state index contributed by atoms with van der Waals surface area (Å²) in [5.74, 6) is 0.546. The summed E-state index contributed by atoms with van der Waals surface area (Å²) in [5, 5.41) is 4.00. The first-order valence-electron chi connectivity index (χ1n) is 6.89. The van der Waals surface area contributed by atoms with Crippen LogP contribution in [-0.2, 0) is 22.6 Å². The Morgan fingerprint density at radius 3 is 2.48 bits per heavy atom. The molecular formula is C15H16N4O3S. The molecule has 0 unspecified atom stereocenters. The molecule has 8 heteroatoms. The van der Waals surface area contributed by atoms with Crippen LogP contribution in [0.3, 0.4) is 0 Å². The molecule has 3 aromatic rings. The van der Waals surface area contributed by atoms with Crippen molar-refractivity contribution in [3.8, 4) is 11.4 Å². The fourth-order valence-electron chi connectivity index (χ4n) is 2.26. The number of aromatic nitrogens is 4. The second-order valence-electron chi connectivity index (χ2n) is 4.98. The first kappa shape index (κ1) is 15.3. The van der Waals surface area contributed by atoms with Gasteiger partial charge in [0.05, 0.1) is 18.6 Å². The highest BCUT2D eigenvalue weighted by Gasteiger charge is 2.23. The largest absolute Gasteiger partial charge is 0.497 e. The van der Waals surface area contributed by atoms with Crippen molar-refractivity contribution in [2.45, 2.75) is 10.9 Å². The van der Waals surface area contributed by atoms with E-state index in [4.69, 9.17) is 4.74 Å². The van der Waals surface area contributed by atoms with Gasteiger partial charge in [0.15, 0.2) is 0 Å². The highest BCUT2D eigenvalue weighted by Crippen LogP contribution is 2.21. The molecule has 2 heterocycles. The highest BCUT2D eigenvalue weighted by atomic mass is 32.2. The molecule has 0 bridgehead atoms. The number of nitrogens with zero attached hydrogens (tertiary/aromatic N) is 4. The van der Waals surface area contributed by atoms with Crippen LogP contribution in [0.25, 0.3) is 5.69 Å². The molecule has 7 nitrogen and oxygen atoms in total. The van der Waals surface area contributed by atoms with E-state index in [2.05, 4.69) is 10.1 Å². The van der Waals surface area contributed by atoms with Gasteiger partial charge in [-0.25, -0.2) is 13.4 Å². The average molecular weight is 332 g/mol. The zero-order valence-corrected chi connectivity index (χ0v) is 13.6. The van der Waals surface area contributed by atoms with Crippen LogP contribution >= 0.6 is 0 Å². The summed E-state index contributed by atoms with van der Waals surface area (Å²) in [4.78, 5) is 4.03. The van der Waals surface area contributed by atoms with Crippen LogP contribution < -0.4 is 4.74 Å². The van der Waals surface area contributed by atoms with E-state index in [1.807, 2.05) is 0 Å². The quantitative estimate of drug-likeness (QED) is 0.709. The van der Waals surface area contributed by atoms with Gasteiger partial charge in [-0.05, 0) is 30.3 Å². The van der Waals surface area contributed by atoms with Crippen molar-refractivity contribution < 1.29 is 13.2 Å². The van der Waals surface area contributed by atoms with Gasteiger partial charge in [0.2, 0.25) is 15.0 Å². The van der Waals surface area contributed by atoms with Crippen molar-refractivity contribution in [2.24, 2.45) is 7.05 Å². The van der Waals surface area contributed by atoms with E-state index in [-0.39, 0.29) is 10.9 Å². The molecule has 0 saturated carbocycles. The van der Waals surface area contributed by atoms with Gasteiger partial charge < -0.3 is 4.74 Å². The molecule has 2 aromatic heterocycles. The van der Waals surface area contributed by atoms with Gasteiger partial charge in [0, 0.05) is 31.3 Å².